The molecule has 0 heterocycles. The summed E-state index contributed by atoms with van der Waals surface area (Å²) in [6, 6.07) is 0. The SMILES string of the molecule is N#CNSSNC#N. The van der Waals surface area contributed by atoms with Crippen LogP contribution in [0.1, 0.15) is 0 Å². The van der Waals surface area contributed by atoms with E-state index in [1.54, 1.807) is 12.4 Å². The molecular weight excluding hydrogens is 144 g/mol. The summed E-state index contributed by atoms with van der Waals surface area (Å²) in [5, 5.41) is 15.7. The Morgan fingerprint density at radius 2 is 1.38 bits per heavy atom. The van der Waals surface area contributed by atoms with Crippen molar-refractivity contribution in [2.24, 2.45) is 0 Å². The Bertz CT molecular complexity index is 105. The monoisotopic (exact) mass is 146 g/mol. The molecule has 0 saturated carbocycles. The molecule has 0 aromatic carbocycles. The third kappa shape index (κ3) is 5.28. The highest BCUT2D eigenvalue weighted by Crippen LogP contribution is 2.09. The molecule has 0 atom stereocenters. The quantitative estimate of drug-likeness (QED) is 0.197. The summed E-state index contributed by atoms with van der Waals surface area (Å²) in [5.74, 6) is 0. The minimum Gasteiger partial charge on any atom is -0.256 e. The molecule has 0 radical (unpaired) electrons. The first-order valence-electron chi connectivity index (χ1n) is 1.52. The molecule has 0 amide bonds. The molecule has 0 fully saturated rings. The van der Waals surface area contributed by atoms with Gasteiger partial charge >= 0.3 is 0 Å². The van der Waals surface area contributed by atoms with Crippen molar-refractivity contribution in [1.82, 2.24) is 9.44 Å². The van der Waals surface area contributed by atoms with Gasteiger partial charge in [-0.2, -0.15) is 10.5 Å². The smallest absolute Gasteiger partial charge is 0.188 e. The Morgan fingerprint density at radius 1 is 1.00 bits per heavy atom. The van der Waals surface area contributed by atoms with Gasteiger partial charge in [0.05, 0.1) is 22.0 Å². The van der Waals surface area contributed by atoms with Crippen molar-refractivity contribution in [3.63, 3.8) is 0 Å². The number of nitrogens with one attached hydrogen (secondary N) is 2. The molecule has 0 aromatic heterocycles. The first kappa shape index (κ1) is 7.28. The van der Waals surface area contributed by atoms with Crippen molar-refractivity contribution < 1.29 is 0 Å². The normalized spacial score (nSPS) is 6.25. The van der Waals surface area contributed by atoms with Gasteiger partial charge in [-0.3, -0.25) is 9.44 Å². The van der Waals surface area contributed by atoms with E-state index in [-0.39, 0.29) is 0 Å². The lowest BCUT2D eigenvalue weighted by atomic mass is 11.5. The maximum Gasteiger partial charge on any atom is 0.188 e. The van der Waals surface area contributed by atoms with Gasteiger partial charge in [0.15, 0.2) is 12.4 Å². The molecule has 2 N–H and O–H groups in total. The molecule has 6 heteroatoms. The topological polar surface area (TPSA) is 71.6 Å². The van der Waals surface area contributed by atoms with Crippen LogP contribution >= 0.6 is 22.0 Å². The van der Waals surface area contributed by atoms with Crippen LogP contribution in [0, 0.1) is 22.9 Å². The van der Waals surface area contributed by atoms with Crippen LogP contribution in [-0.2, 0) is 0 Å². The fourth-order valence-electron chi connectivity index (χ4n) is 0.0789. The van der Waals surface area contributed by atoms with Crippen LogP contribution < -0.4 is 9.44 Å². The Morgan fingerprint density at radius 3 is 1.62 bits per heavy atom. The van der Waals surface area contributed by atoms with Gasteiger partial charge in [-0.05, 0) is 0 Å². The fourth-order valence-corrected chi connectivity index (χ4v) is 0.710. The van der Waals surface area contributed by atoms with E-state index in [0.717, 1.165) is 22.0 Å². The zero-order valence-electron chi connectivity index (χ0n) is 3.71. The number of hydrogen-bond donors (Lipinski definition) is 2. The number of rotatable bonds is 3. The second-order valence-electron chi connectivity index (χ2n) is 0.594. The average Bonchev–Trinajstić information content (AvgIpc) is 1.81. The summed E-state index contributed by atoms with van der Waals surface area (Å²) in [5.41, 5.74) is 0. The minimum absolute atomic E-state index is 1.05. The first-order valence-corrected chi connectivity index (χ1v) is 3.67. The molecule has 0 aromatic rings. The molecule has 0 rings (SSSR count). The van der Waals surface area contributed by atoms with Crippen molar-refractivity contribution in [1.29, 1.82) is 10.5 Å². The third-order valence-electron chi connectivity index (χ3n) is 0.216. The Hall–Kier alpha value is -0.720. The van der Waals surface area contributed by atoms with Gasteiger partial charge in [0.1, 0.15) is 0 Å². The lowest BCUT2D eigenvalue weighted by Crippen LogP contribution is -1.92. The molecule has 0 bridgehead atoms. The van der Waals surface area contributed by atoms with E-state index in [1.807, 2.05) is 0 Å². The molecule has 0 aliphatic carbocycles. The maximum atomic E-state index is 7.86. The minimum atomic E-state index is 1.05. The van der Waals surface area contributed by atoms with E-state index >= 15 is 0 Å². The van der Waals surface area contributed by atoms with Crippen LogP contribution in [0.5, 0.6) is 0 Å². The van der Waals surface area contributed by atoms with E-state index in [9.17, 15) is 0 Å². The number of nitriles is 2. The van der Waals surface area contributed by atoms with Gasteiger partial charge in [0.25, 0.3) is 0 Å². The molecular formula is C2H2N4S2. The van der Waals surface area contributed by atoms with Crippen LogP contribution in [0.3, 0.4) is 0 Å². The lowest BCUT2D eigenvalue weighted by molar-refractivity contribution is 1.36. The van der Waals surface area contributed by atoms with Gasteiger partial charge in [0.2, 0.25) is 0 Å². The van der Waals surface area contributed by atoms with E-state index < -0.39 is 0 Å². The Kier molecular flexibility index (Phi) is 5.71. The highest BCUT2D eigenvalue weighted by atomic mass is 33.1. The average molecular weight is 146 g/mol. The van der Waals surface area contributed by atoms with E-state index in [0.29, 0.717) is 0 Å². The van der Waals surface area contributed by atoms with E-state index in [1.165, 1.54) is 0 Å². The van der Waals surface area contributed by atoms with E-state index in [2.05, 4.69) is 9.44 Å². The van der Waals surface area contributed by atoms with Gasteiger partial charge in [0, 0.05) is 0 Å². The molecule has 0 spiro atoms. The van der Waals surface area contributed by atoms with Crippen molar-refractivity contribution in [2.75, 3.05) is 0 Å². The molecule has 0 aliphatic rings. The van der Waals surface area contributed by atoms with Crippen LogP contribution in [0.4, 0.5) is 0 Å². The van der Waals surface area contributed by atoms with Gasteiger partial charge in [-0.25, -0.2) is 0 Å². The van der Waals surface area contributed by atoms with Crippen LogP contribution in [-0.4, -0.2) is 0 Å². The predicted molar refractivity (Wildman–Crippen MR) is 32.7 cm³/mol. The summed E-state index contributed by atoms with van der Waals surface area (Å²) in [6.45, 7) is 0. The molecule has 0 unspecified atom stereocenters. The highest BCUT2D eigenvalue weighted by molar-refractivity contribution is 8.75. The number of nitrogens with zero attached hydrogens (tertiary/aromatic N) is 2. The molecule has 0 saturated heterocycles. The Labute approximate surface area is 54.9 Å². The zero-order valence-corrected chi connectivity index (χ0v) is 5.34. The second kappa shape index (κ2) is 6.28. The molecule has 0 aliphatic heterocycles. The Balaban J connectivity index is 2.77. The van der Waals surface area contributed by atoms with Crippen molar-refractivity contribution in [3.05, 3.63) is 0 Å². The van der Waals surface area contributed by atoms with Gasteiger partial charge in [-0.15, -0.1) is 0 Å². The first-order chi connectivity index (χ1) is 3.91. The number of hydrogen-bond acceptors (Lipinski definition) is 6. The van der Waals surface area contributed by atoms with Gasteiger partial charge < -0.3 is 0 Å². The second-order valence-corrected chi connectivity index (χ2v) is 2.34. The molecule has 4 nitrogen and oxygen atoms in total. The van der Waals surface area contributed by atoms with E-state index in [4.69, 9.17) is 10.5 Å². The van der Waals surface area contributed by atoms with Crippen LogP contribution in [0.25, 0.3) is 0 Å². The van der Waals surface area contributed by atoms with Crippen molar-refractivity contribution in [3.8, 4) is 12.4 Å². The van der Waals surface area contributed by atoms with Crippen LogP contribution in [0.2, 0.25) is 0 Å². The molecule has 42 valence electrons. The largest absolute Gasteiger partial charge is 0.256 e. The summed E-state index contributed by atoms with van der Waals surface area (Å²) < 4.78 is 4.51. The maximum absolute atomic E-state index is 7.86. The summed E-state index contributed by atoms with van der Waals surface area (Å²) in [7, 11) is 2.10. The molecule has 8 heavy (non-hydrogen) atoms. The van der Waals surface area contributed by atoms with Crippen molar-refractivity contribution in [2.45, 2.75) is 0 Å². The van der Waals surface area contributed by atoms with Crippen molar-refractivity contribution >= 4 is 22.0 Å². The zero-order chi connectivity index (χ0) is 6.24. The van der Waals surface area contributed by atoms with Gasteiger partial charge in [-0.1, -0.05) is 0 Å². The summed E-state index contributed by atoms with van der Waals surface area (Å²) in [6.07, 6.45) is 3.34. The summed E-state index contributed by atoms with van der Waals surface area (Å²) in [4.78, 5) is 0. The standard InChI is InChI=1S/C2H2N4S2/c3-1-5-7-8-6-2-4/h5-6H. The fraction of sp³-hybridized carbons (Fsp3) is 0. The predicted octanol–water partition coefficient (Wildman–Crippen LogP) is 0.339. The third-order valence-corrected chi connectivity index (χ3v) is 1.40. The summed E-state index contributed by atoms with van der Waals surface area (Å²) >= 11 is 0. The highest BCUT2D eigenvalue weighted by Gasteiger charge is 1.80. The lowest BCUT2D eigenvalue weighted by Gasteiger charge is -1.87. The van der Waals surface area contributed by atoms with Crippen LogP contribution in [0.15, 0.2) is 0 Å².